The second-order valence-electron chi connectivity index (χ2n) is 3.00. The molecule has 4 nitrogen and oxygen atoms in total. The minimum atomic E-state index is -0.360. The number of hydrazine groups is 1. The topological polar surface area (TPSA) is 64.5 Å². The molecule has 0 aromatic rings. The van der Waals surface area contributed by atoms with Gasteiger partial charge in [-0.2, -0.15) is 0 Å². The van der Waals surface area contributed by atoms with Crippen molar-refractivity contribution in [1.29, 1.82) is 0 Å². The van der Waals surface area contributed by atoms with E-state index in [1.54, 1.807) is 5.59 Å². The van der Waals surface area contributed by atoms with Crippen LogP contribution in [0.25, 0.3) is 0 Å². The highest BCUT2D eigenvalue weighted by molar-refractivity contribution is 4.56. The van der Waals surface area contributed by atoms with Crippen molar-refractivity contribution in [2.24, 2.45) is 0 Å². The average Bonchev–Trinajstić information content (AvgIpc) is 2.09. The first kappa shape index (κ1) is 11.8. The molecule has 12 heavy (non-hydrogen) atoms. The van der Waals surface area contributed by atoms with Gasteiger partial charge in [0.1, 0.15) is 0 Å². The summed E-state index contributed by atoms with van der Waals surface area (Å²) in [7, 11) is 0. The summed E-state index contributed by atoms with van der Waals surface area (Å²) >= 11 is 0. The van der Waals surface area contributed by atoms with Crippen LogP contribution >= 0.6 is 0 Å². The van der Waals surface area contributed by atoms with Crippen molar-refractivity contribution in [3.8, 4) is 0 Å². The molecule has 0 bridgehead atoms. The monoisotopic (exact) mass is 176 g/mol. The van der Waals surface area contributed by atoms with Gasteiger partial charge in [0, 0.05) is 6.54 Å². The first-order valence-corrected chi connectivity index (χ1v) is 4.61. The first-order chi connectivity index (χ1) is 5.81. The number of rotatable bonds is 8. The zero-order chi connectivity index (χ0) is 9.23. The second-order valence-corrected chi connectivity index (χ2v) is 3.00. The van der Waals surface area contributed by atoms with E-state index in [0.717, 1.165) is 12.8 Å². The van der Waals surface area contributed by atoms with Crippen molar-refractivity contribution in [2.45, 2.75) is 45.1 Å². The lowest BCUT2D eigenvalue weighted by molar-refractivity contribution is 0.0844. The Kier molecular flexibility index (Phi) is 8.81. The van der Waals surface area contributed by atoms with E-state index in [1.807, 2.05) is 0 Å². The molecule has 0 saturated carbocycles. The molecule has 4 heteroatoms. The molecule has 1 unspecified atom stereocenters. The summed E-state index contributed by atoms with van der Waals surface area (Å²) in [6, 6.07) is 0. The molecule has 0 aromatic carbocycles. The molecule has 1 atom stereocenters. The Balaban J connectivity index is 3.02. The van der Waals surface area contributed by atoms with Gasteiger partial charge in [-0.25, -0.2) is 5.43 Å². The zero-order valence-electron chi connectivity index (χ0n) is 7.71. The van der Waals surface area contributed by atoms with Crippen molar-refractivity contribution in [3.63, 3.8) is 0 Å². The summed E-state index contributed by atoms with van der Waals surface area (Å²) in [6.45, 7) is 2.55. The lowest BCUT2D eigenvalue weighted by Crippen LogP contribution is -2.35. The summed E-state index contributed by atoms with van der Waals surface area (Å²) < 4.78 is 0. The standard InChI is InChI=1S/C8H20N2O2/c1-2-3-4-5-6-8(11)7-9-10-12/h8-12H,2-7H2,1H3. The Morgan fingerprint density at radius 3 is 2.58 bits per heavy atom. The Hall–Kier alpha value is -0.160. The third-order valence-corrected chi connectivity index (χ3v) is 1.81. The zero-order valence-corrected chi connectivity index (χ0v) is 7.71. The van der Waals surface area contributed by atoms with Crippen molar-refractivity contribution in [1.82, 2.24) is 11.0 Å². The van der Waals surface area contributed by atoms with Gasteiger partial charge in [-0.05, 0) is 6.42 Å². The van der Waals surface area contributed by atoms with Gasteiger partial charge in [0.2, 0.25) is 0 Å². The molecule has 0 heterocycles. The van der Waals surface area contributed by atoms with Gasteiger partial charge in [0.15, 0.2) is 0 Å². The van der Waals surface area contributed by atoms with Gasteiger partial charge in [-0.15, -0.1) is 5.59 Å². The summed E-state index contributed by atoms with van der Waals surface area (Å²) in [6.07, 6.45) is 5.13. The molecule has 0 aliphatic carbocycles. The summed E-state index contributed by atoms with van der Waals surface area (Å²) in [5.41, 5.74) is 4.23. The molecule has 0 spiro atoms. The minimum Gasteiger partial charge on any atom is -0.392 e. The lowest BCUT2D eigenvalue weighted by atomic mass is 10.1. The van der Waals surface area contributed by atoms with Crippen LogP contribution < -0.4 is 11.0 Å². The number of hydrogen-bond acceptors (Lipinski definition) is 4. The van der Waals surface area contributed by atoms with Crippen LogP contribution in [0.4, 0.5) is 0 Å². The molecule has 0 amide bonds. The normalized spacial score (nSPS) is 13.2. The molecule has 0 fully saturated rings. The maximum atomic E-state index is 9.27. The fourth-order valence-corrected chi connectivity index (χ4v) is 1.07. The SMILES string of the molecule is CCCCCCC(O)CNNO. The van der Waals surface area contributed by atoms with Crippen LogP contribution in [0.1, 0.15) is 39.0 Å². The predicted molar refractivity (Wildman–Crippen MR) is 47.7 cm³/mol. The predicted octanol–water partition coefficient (Wildman–Crippen LogP) is 0.801. The number of unbranched alkanes of at least 4 members (excludes halogenated alkanes) is 3. The summed E-state index contributed by atoms with van der Waals surface area (Å²) in [4.78, 5) is 0. The van der Waals surface area contributed by atoms with Crippen molar-refractivity contribution < 1.29 is 10.3 Å². The average molecular weight is 176 g/mol. The van der Waals surface area contributed by atoms with Crippen LogP contribution in [0, 0.1) is 0 Å². The Morgan fingerprint density at radius 1 is 1.25 bits per heavy atom. The van der Waals surface area contributed by atoms with Crippen LogP contribution in [0.15, 0.2) is 0 Å². The molecule has 74 valence electrons. The Morgan fingerprint density at radius 2 is 2.00 bits per heavy atom. The number of aliphatic hydroxyl groups is 1. The molecular formula is C8H20N2O2. The quantitative estimate of drug-likeness (QED) is 0.326. The van der Waals surface area contributed by atoms with Gasteiger partial charge in [-0.1, -0.05) is 32.6 Å². The maximum Gasteiger partial charge on any atom is 0.0679 e. The van der Waals surface area contributed by atoms with Gasteiger partial charge in [0.25, 0.3) is 0 Å². The van der Waals surface area contributed by atoms with E-state index in [4.69, 9.17) is 5.21 Å². The Bertz CT molecular complexity index is 91.1. The highest BCUT2D eigenvalue weighted by Gasteiger charge is 2.01. The van der Waals surface area contributed by atoms with E-state index in [2.05, 4.69) is 12.3 Å². The Labute approximate surface area is 73.9 Å². The van der Waals surface area contributed by atoms with Crippen molar-refractivity contribution in [2.75, 3.05) is 6.54 Å². The molecule has 0 aliphatic heterocycles. The fraction of sp³-hybridized carbons (Fsp3) is 1.00. The number of nitrogens with one attached hydrogen (secondary N) is 2. The van der Waals surface area contributed by atoms with E-state index in [1.165, 1.54) is 19.3 Å². The third kappa shape index (κ3) is 7.94. The largest absolute Gasteiger partial charge is 0.392 e. The smallest absolute Gasteiger partial charge is 0.0679 e. The van der Waals surface area contributed by atoms with Gasteiger partial charge in [0.05, 0.1) is 6.10 Å². The van der Waals surface area contributed by atoms with E-state index < -0.39 is 0 Å². The molecule has 0 rings (SSSR count). The highest BCUT2D eigenvalue weighted by Crippen LogP contribution is 2.04. The molecular weight excluding hydrogens is 156 g/mol. The van der Waals surface area contributed by atoms with E-state index in [0.29, 0.717) is 6.54 Å². The lowest BCUT2D eigenvalue weighted by Gasteiger charge is -2.09. The molecule has 0 saturated heterocycles. The second kappa shape index (κ2) is 8.93. The first-order valence-electron chi connectivity index (χ1n) is 4.61. The molecule has 0 aliphatic rings. The molecule has 4 N–H and O–H groups in total. The van der Waals surface area contributed by atoms with E-state index in [9.17, 15) is 5.11 Å². The molecule has 0 radical (unpaired) electrons. The van der Waals surface area contributed by atoms with E-state index in [-0.39, 0.29) is 6.10 Å². The van der Waals surface area contributed by atoms with Gasteiger partial charge < -0.3 is 10.3 Å². The van der Waals surface area contributed by atoms with Crippen LogP contribution in [-0.2, 0) is 0 Å². The van der Waals surface area contributed by atoms with Crippen molar-refractivity contribution >= 4 is 0 Å². The van der Waals surface area contributed by atoms with Crippen molar-refractivity contribution in [3.05, 3.63) is 0 Å². The van der Waals surface area contributed by atoms with Crippen LogP contribution in [0.2, 0.25) is 0 Å². The summed E-state index contributed by atoms with van der Waals surface area (Å²) in [5.74, 6) is 0. The van der Waals surface area contributed by atoms with Crippen LogP contribution in [0.3, 0.4) is 0 Å². The summed E-state index contributed by atoms with van der Waals surface area (Å²) in [5, 5.41) is 17.4. The van der Waals surface area contributed by atoms with Gasteiger partial charge >= 0.3 is 0 Å². The molecule has 0 aromatic heterocycles. The van der Waals surface area contributed by atoms with Crippen LogP contribution in [-0.4, -0.2) is 23.0 Å². The minimum absolute atomic E-state index is 0.360. The third-order valence-electron chi connectivity index (χ3n) is 1.81. The number of aliphatic hydroxyl groups excluding tert-OH is 1. The highest BCUT2D eigenvalue weighted by atomic mass is 16.5. The van der Waals surface area contributed by atoms with Gasteiger partial charge in [-0.3, -0.25) is 0 Å². The fourth-order valence-electron chi connectivity index (χ4n) is 1.07. The van der Waals surface area contributed by atoms with Crippen LogP contribution in [0.5, 0.6) is 0 Å². The maximum absolute atomic E-state index is 9.27. The van der Waals surface area contributed by atoms with E-state index >= 15 is 0 Å². The number of hydrogen-bond donors (Lipinski definition) is 4.